The van der Waals surface area contributed by atoms with Crippen molar-refractivity contribution < 1.29 is 43.5 Å². The van der Waals surface area contributed by atoms with Gasteiger partial charge in [-0.25, -0.2) is 4.79 Å². The minimum Gasteiger partial charge on any atom is -0.480 e. The van der Waals surface area contributed by atoms with Crippen LogP contribution in [0.3, 0.4) is 0 Å². The maximum atomic E-state index is 12.9. The molecule has 0 aromatic rings. The molecule has 17 nitrogen and oxygen atoms in total. The lowest BCUT2D eigenvalue weighted by molar-refractivity contribution is -0.142. The first-order chi connectivity index (χ1) is 19.1. The molecule has 5 atom stereocenters. The van der Waals surface area contributed by atoms with Gasteiger partial charge < -0.3 is 49.3 Å². The van der Waals surface area contributed by atoms with E-state index >= 15 is 0 Å². The standard InChI is InChI=1S/C23H40N8O9S/c1-11(28-21(37)13(3-6-16(25)32)30-20(36)12(24)9-10-41-2)19(35)29-14(4-7-17(26)33)22(38)31-15(23(39)40)5-8-18(27)34/h11-15H,3-10,24H2,1-2H3,(H2,25,32)(H2,26,33)(H2,27,34)(H,28,37)(H,29,35)(H,30,36)(H,31,38)(H,39,40). The highest BCUT2D eigenvalue weighted by Crippen LogP contribution is 2.05. The third kappa shape index (κ3) is 16.1. The van der Waals surface area contributed by atoms with Gasteiger partial charge in [0.25, 0.3) is 0 Å². The van der Waals surface area contributed by atoms with Crippen LogP contribution in [0.2, 0.25) is 0 Å². The van der Waals surface area contributed by atoms with Crippen molar-refractivity contribution in [3.63, 3.8) is 0 Å². The summed E-state index contributed by atoms with van der Waals surface area (Å²) in [5.74, 6) is -6.56. The van der Waals surface area contributed by atoms with Crippen molar-refractivity contribution in [1.29, 1.82) is 0 Å². The highest BCUT2D eigenvalue weighted by molar-refractivity contribution is 7.98. The minimum absolute atomic E-state index is 0.179. The van der Waals surface area contributed by atoms with Crippen LogP contribution in [0, 0.1) is 0 Å². The summed E-state index contributed by atoms with van der Waals surface area (Å²) >= 11 is 1.47. The van der Waals surface area contributed by atoms with Crippen molar-refractivity contribution >= 4 is 59.1 Å². The number of primary amides is 3. The maximum absolute atomic E-state index is 12.9. The number of aliphatic carboxylic acids is 1. The van der Waals surface area contributed by atoms with Crippen molar-refractivity contribution in [3.8, 4) is 0 Å². The van der Waals surface area contributed by atoms with E-state index in [1.165, 1.54) is 18.7 Å². The Morgan fingerprint density at radius 1 is 0.634 bits per heavy atom. The van der Waals surface area contributed by atoms with Crippen molar-refractivity contribution in [1.82, 2.24) is 21.3 Å². The molecule has 0 aliphatic rings. The fourth-order valence-corrected chi connectivity index (χ4v) is 3.75. The van der Waals surface area contributed by atoms with Gasteiger partial charge in [0.15, 0.2) is 0 Å². The molecule has 0 aromatic carbocycles. The van der Waals surface area contributed by atoms with Gasteiger partial charge in [-0.3, -0.25) is 33.6 Å². The largest absolute Gasteiger partial charge is 0.480 e. The third-order valence-electron chi connectivity index (χ3n) is 5.64. The van der Waals surface area contributed by atoms with Crippen molar-refractivity contribution in [3.05, 3.63) is 0 Å². The zero-order chi connectivity index (χ0) is 31.7. The number of thioether (sulfide) groups is 1. The summed E-state index contributed by atoms with van der Waals surface area (Å²) in [6.45, 7) is 1.26. The Bertz CT molecular complexity index is 981. The van der Waals surface area contributed by atoms with Gasteiger partial charge in [0.1, 0.15) is 24.2 Å². The number of carbonyl (C=O) groups is 8. The second-order valence-corrected chi connectivity index (χ2v) is 10.1. The van der Waals surface area contributed by atoms with Crippen molar-refractivity contribution in [2.24, 2.45) is 22.9 Å². The topological polar surface area (TPSA) is 309 Å². The van der Waals surface area contributed by atoms with E-state index in [2.05, 4.69) is 21.3 Å². The summed E-state index contributed by atoms with van der Waals surface area (Å²) in [6.07, 6.45) is 0.411. The van der Waals surface area contributed by atoms with Crippen molar-refractivity contribution in [2.45, 2.75) is 82.1 Å². The minimum atomic E-state index is -1.52. The van der Waals surface area contributed by atoms with Crippen LogP contribution in [-0.2, 0) is 38.4 Å². The van der Waals surface area contributed by atoms with Gasteiger partial charge in [0, 0.05) is 19.3 Å². The lowest BCUT2D eigenvalue weighted by Gasteiger charge is -2.25. The number of carboxylic acids is 1. The fourth-order valence-electron chi connectivity index (χ4n) is 3.26. The summed E-state index contributed by atoms with van der Waals surface area (Å²) in [7, 11) is 0. The quantitative estimate of drug-likeness (QED) is 0.0606. The number of rotatable bonds is 21. The molecule has 7 amide bonds. The number of hydrogen-bond acceptors (Lipinski definition) is 10. The molecule has 18 heteroatoms. The number of carboxylic acid groups (broad SMARTS) is 1. The van der Waals surface area contributed by atoms with Crippen LogP contribution in [0.25, 0.3) is 0 Å². The average molecular weight is 605 g/mol. The summed E-state index contributed by atoms with van der Waals surface area (Å²) < 4.78 is 0. The predicted molar refractivity (Wildman–Crippen MR) is 147 cm³/mol. The first-order valence-corrected chi connectivity index (χ1v) is 14.0. The van der Waals surface area contributed by atoms with Gasteiger partial charge >= 0.3 is 5.97 Å². The second kappa shape index (κ2) is 19.2. The van der Waals surface area contributed by atoms with E-state index in [-0.39, 0.29) is 38.5 Å². The Morgan fingerprint density at radius 3 is 1.44 bits per heavy atom. The van der Waals surface area contributed by atoms with E-state index in [4.69, 9.17) is 22.9 Å². The SMILES string of the molecule is CSCCC(N)C(=O)NC(CCC(N)=O)C(=O)NC(C)C(=O)NC(CCC(N)=O)C(=O)NC(CCC(N)=O)C(=O)O. The van der Waals surface area contributed by atoms with E-state index < -0.39 is 77.5 Å². The molecule has 5 unspecified atom stereocenters. The summed E-state index contributed by atoms with van der Waals surface area (Å²) in [4.78, 5) is 95.9. The van der Waals surface area contributed by atoms with Gasteiger partial charge in [-0.2, -0.15) is 11.8 Å². The number of nitrogens with two attached hydrogens (primary N) is 4. The summed E-state index contributed by atoms with van der Waals surface area (Å²) in [5.41, 5.74) is 21.2. The average Bonchev–Trinajstić information content (AvgIpc) is 2.88. The van der Waals surface area contributed by atoms with E-state index in [1.807, 2.05) is 6.26 Å². The van der Waals surface area contributed by atoms with E-state index in [1.54, 1.807) is 0 Å². The summed E-state index contributed by atoms with van der Waals surface area (Å²) in [5, 5.41) is 18.6. The monoisotopic (exact) mass is 604 g/mol. The molecule has 0 bridgehead atoms. The Hall–Kier alpha value is -3.93. The highest BCUT2D eigenvalue weighted by atomic mass is 32.2. The number of nitrogens with one attached hydrogen (secondary N) is 4. The zero-order valence-corrected chi connectivity index (χ0v) is 23.8. The summed E-state index contributed by atoms with van der Waals surface area (Å²) in [6, 6.07) is -6.44. The molecule has 0 radical (unpaired) electrons. The zero-order valence-electron chi connectivity index (χ0n) is 23.0. The predicted octanol–water partition coefficient (Wildman–Crippen LogP) is -4.09. The van der Waals surface area contributed by atoms with Crippen molar-refractivity contribution in [2.75, 3.05) is 12.0 Å². The Balaban J connectivity index is 5.53. The second-order valence-electron chi connectivity index (χ2n) is 9.15. The van der Waals surface area contributed by atoms with Crippen LogP contribution in [0.15, 0.2) is 0 Å². The molecule has 41 heavy (non-hydrogen) atoms. The third-order valence-corrected chi connectivity index (χ3v) is 6.28. The normalized spacial score (nSPS) is 14.3. The lowest BCUT2D eigenvalue weighted by Crippen LogP contribution is -2.58. The molecule has 0 heterocycles. The molecule has 0 aromatic heterocycles. The molecule has 0 aliphatic heterocycles. The Labute approximate surface area is 241 Å². The molecule has 0 rings (SSSR count). The Morgan fingerprint density at radius 2 is 1.02 bits per heavy atom. The molecule has 0 aliphatic carbocycles. The van der Waals surface area contributed by atoms with Gasteiger partial charge in [0.05, 0.1) is 6.04 Å². The van der Waals surface area contributed by atoms with Gasteiger partial charge in [-0.15, -0.1) is 0 Å². The molecule has 232 valence electrons. The van der Waals surface area contributed by atoms with E-state index in [9.17, 15) is 43.5 Å². The molecule has 13 N–H and O–H groups in total. The smallest absolute Gasteiger partial charge is 0.326 e. The van der Waals surface area contributed by atoms with E-state index in [0.717, 1.165) is 0 Å². The van der Waals surface area contributed by atoms with Gasteiger partial charge in [-0.05, 0) is 44.6 Å². The van der Waals surface area contributed by atoms with Crippen LogP contribution in [0.4, 0.5) is 0 Å². The Kier molecular flexibility index (Phi) is 17.4. The van der Waals surface area contributed by atoms with Crippen LogP contribution >= 0.6 is 11.8 Å². The number of hydrogen-bond donors (Lipinski definition) is 9. The molecular formula is C23H40N8O9S. The maximum Gasteiger partial charge on any atom is 0.326 e. The van der Waals surface area contributed by atoms with E-state index in [0.29, 0.717) is 12.2 Å². The fraction of sp³-hybridized carbons (Fsp3) is 0.652. The number of carbonyl (C=O) groups excluding carboxylic acids is 7. The van der Waals surface area contributed by atoms with Crippen LogP contribution in [0.5, 0.6) is 0 Å². The van der Waals surface area contributed by atoms with Crippen LogP contribution in [0.1, 0.15) is 51.9 Å². The van der Waals surface area contributed by atoms with Crippen LogP contribution in [-0.4, -0.2) is 94.6 Å². The first kappa shape index (κ1) is 37.1. The molecule has 0 saturated carbocycles. The molecule has 0 fully saturated rings. The molecular weight excluding hydrogens is 564 g/mol. The highest BCUT2D eigenvalue weighted by Gasteiger charge is 2.30. The number of amides is 7. The lowest BCUT2D eigenvalue weighted by atomic mass is 10.1. The first-order valence-electron chi connectivity index (χ1n) is 12.6. The van der Waals surface area contributed by atoms with Gasteiger partial charge in [0.2, 0.25) is 41.4 Å². The van der Waals surface area contributed by atoms with Crippen LogP contribution < -0.4 is 44.2 Å². The van der Waals surface area contributed by atoms with Gasteiger partial charge in [-0.1, -0.05) is 0 Å². The molecule has 0 saturated heterocycles. The molecule has 0 spiro atoms.